The fourth-order valence-corrected chi connectivity index (χ4v) is 12.3. The summed E-state index contributed by atoms with van der Waals surface area (Å²) >= 11 is -0.826. The van der Waals surface area contributed by atoms with Crippen molar-refractivity contribution in [2.75, 3.05) is 0 Å². The van der Waals surface area contributed by atoms with E-state index in [2.05, 4.69) is 13.5 Å². The number of hydrogen-bond donors (Lipinski definition) is 0. The molecule has 0 aromatic heterocycles. The van der Waals surface area contributed by atoms with Gasteiger partial charge in [-0.25, -0.2) is 0 Å². The molecule has 4 aliphatic carbocycles. The molecule has 4 bridgehead atoms. The Labute approximate surface area is 422 Å². The number of rotatable bonds is 8. The van der Waals surface area contributed by atoms with Crippen molar-refractivity contribution in [3.8, 4) is 22.3 Å². The molecule has 0 unspecified atom stereocenters. The van der Waals surface area contributed by atoms with Gasteiger partial charge in [-0.05, 0) is 147 Å². The van der Waals surface area contributed by atoms with Gasteiger partial charge in [-0.15, -0.1) is 69.1 Å². The Kier molecular flexibility index (Phi) is 17.0. The van der Waals surface area contributed by atoms with Gasteiger partial charge in [0, 0.05) is 9.52 Å². The summed E-state index contributed by atoms with van der Waals surface area (Å²) in [6.45, 7) is 4.46. The standard InChI is InChI=1S/2C25H21F6.C4H10Si.2ClH.Zr/c2*26-24(27,28)19-10-18(11-20(12-19)25(29,30)31)21-3-1-2-17-8-16(9-22(17)21)14-23-6-4-15(13-23)5-7-23;1-3-4-5-2;;;/h2*1-3,8-12,15H,4-7,13-14H2;3-4H2,1-2H3;2*1H;/q2*-1;;;;+4/p-2. The molecule has 6 aromatic rings. The van der Waals surface area contributed by atoms with Crippen molar-refractivity contribution in [3.63, 3.8) is 0 Å². The van der Waals surface area contributed by atoms with E-state index in [-0.39, 0.29) is 23.3 Å². The molecule has 0 heterocycles. The van der Waals surface area contributed by atoms with Crippen LogP contribution in [-0.2, 0) is 58.4 Å². The minimum absolute atomic E-state index is 0.0649. The first kappa shape index (κ1) is 54.7. The summed E-state index contributed by atoms with van der Waals surface area (Å²) in [7, 11) is 11.0. The van der Waals surface area contributed by atoms with Crippen LogP contribution >= 0.6 is 17.0 Å². The van der Waals surface area contributed by atoms with Crippen LogP contribution < -0.4 is 0 Å². The summed E-state index contributed by atoms with van der Waals surface area (Å²) in [5.41, 5.74) is -1.63. The summed E-state index contributed by atoms with van der Waals surface area (Å²) in [5.74, 6) is 1.62. The topological polar surface area (TPSA) is 0 Å². The first-order valence-electron chi connectivity index (χ1n) is 23.5. The molecule has 0 amide bonds. The second kappa shape index (κ2) is 21.8. The van der Waals surface area contributed by atoms with Gasteiger partial charge in [0.1, 0.15) is 0 Å². The predicted octanol–water partition coefficient (Wildman–Crippen LogP) is 19.7. The van der Waals surface area contributed by atoms with Crippen molar-refractivity contribution >= 4 is 48.1 Å². The maximum atomic E-state index is 13.3. The Hall–Kier alpha value is -3.06. The summed E-state index contributed by atoms with van der Waals surface area (Å²) in [5, 5.41) is 3.10. The van der Waals surface area contributed by atoms with Crippen LogP contribution in [-0.4, -0.2) is 9.52 Å². The van der Waals surface area contributed by atoms with Crippen LogP contribution in [0.2, 0.25) is 12.6 Å². The Morgan fingerprint density at radius 2 is 0.871 bits per heavy atom. The molecule has 374 valence electrons. The maximum absolute atomic E-state index is 13.3. The summed E-state index contributed by atoms with van der Waals surface area (Å²) in [6.07, 6.45) is -3.93. The Morgan fingerprint density at radius 3 is 1.11 bits per heavy atom. The van der Waals surface area contributed by atoms with Crippen LogP contribution in [0.3, 0.4) is 0 Å². The summed E-state index contributed by atoms with van der Waals surface area (Å²) in [4.78, 5) is 0. The molecule has 4 saturated carbocycles. The van der Waals surface area contributed by atoms with E-state index < -0.39 is 67.8 Å². The zero-order valence-corrected chi connectivity index (χ0v) is 43.6. The molecule has 0 saturated heterocycles. The van der Waals surface area contributed by atoms with E-state index in [1.165, 1.54) is 76.7 Å². The zero-order valence-electron chi connectivity index (χ0n) is 38.6. The van der Waals surface area contributed by atoms with Gasteiger partial charge >= 0.3 is 62.6 Å². The minimum atomic E-state index is -4.86. The van der Waals surface area contributed by atoms with Crippen molar-refractivity contribution in [2.24, 2.45) is 22.7 Å². The molecule has 6 aromatic carbocycles. The molecule has 70 heavy (non-hydrogen) atoms. The SMILES string of the molecule is CCC[Si]C.FC(F)(F)c1cc(-c2cccc3[cH-]c(CC45CCC(CC4)C5)cc23)cc(C(F)(F)F)c1.FC(F)(F)c1cc(-c2cccc3[cH-]c(CC45CCC(CC4)C5)cc23)cc(C(F)(F)F)c1.[Cl][Zr+2][Cl]. The number of alkyl halides is 12. The molecule has 10 rings (SSSR count). The Balaban J connectivity index is 0.000000179. The molecule has 2 radical (unpaired) electrons. The molecule has 0 spiro atoms. The molecule has 0 N–H and O–H groups in total. The molecular formula is C54H52Cl2F12SiZr. The number of fused-ring (bicyclic) bond motifs is 6. The van der Waals surface area contributed by atoms with E-state index in [0.29, 0.717) is 32.7 Å². The monoisotopic (exact) mass is 1120 g/mol. The van der Waals surface area contributed by atoms with Gasteiger partial charge in [0.25, 0.3) is 0 Å². The second-order valence-electron chi connectivity index (χ2n) is 19.8. The van der Waals surface area contributed by atoms with E-state index in [0.717, 1.165) is 80.4 Å². The van der Waals surface area contributed by atoms with Gasteiger partial charge in [-0.1, -0.05) is 49.2 Å². The average Bonchev–Trinajstić information content (AvgIpc) is 4.17. The first-order valence-corrected chi connectivity index (χ1v) is 31.5. The van der Waals surface area contributed by atoms with E-state index in [9.17, 15) is 52.7 Å². The first-order chi connectivity index (χ1) is 32.9. The number of hydrogen-bond acceptors (Lipinski definition) is 0. The van der Waals surface area contributed by atoms with Crippen LogP contribution in [0.1, 0.15) is 111 Å². The molecular weight excluding hydrogens is 1070 g/mol. The fraction of sp³-hybridized carbons (Fsp3) is 0.444. The Morgan fingerprint density at radius 1 is 0.543 bits per heavy atom. The predicted molar refractivity (Wildman–Crippen MR) is 254 cm³/mol. The molecule has 0 atom stereocenters. The van der Waals surface area contributed by atoms with Gasteiger partial charge in [0.15, 0.2) is 0 Å². The van der Waals surface area contributed by atoms with E-state index in [4.69, 9.17) is 17.0 Å². The quantitative estimate of drug-likeness (QED) is 0.0809. The van der Waals surface area contributed by atoms with Gasteiger partial charge < -0.3 is 0 Å². The molecule has 4 aliphatic rings. The normalized spacial score (nSPS) is 21.8. The van der Waals surface area contributed by atoms with E-state index >= 15 is 0 Å². The third-order valence-corrected chi connectivity index (χ3v) is 15.9. The average molecular weight is 1120 g/mol. The number of halogens is 14. The molecule has 0 aliphatic heterocycles. The van der Waals surface area contributed by atoms with Crippen LogP contribution in [0.25, 0.3) is 43.8 Å². The summed E-state index contributed by atoms with van der Waals surface area (Å²) < 4.78 is 160. The van der Waals surface area contributed by atoms with E-state index in [1.807, 2.05) is 36.4 Å². The third-order valence-electron chi connectivity index (χ3n) is 14.9. The summed E-state index contributed by atoms with van der Waals surface area (Å²) in [6, 6.07) is 23.3. The van der Waals surface area contributed by atoms with Gasteiger partial charge in [0.05, 0.1) is 22.3 Å². The molecule has 4 fully saturated rings. The van der Waals surface area contributed by atoms with Gasteiger partial charge in [-0.3, -0.25) is 0 Å². The van der Waals surface area contributed by atoms with Crippen LogP contribution in [0.4, 0.5) is 52.7 Å². The van der Waals surface area contributed by atoms with Crippen LogP contribution in [0, 0.1) is 22.7 Å². The Bertz CT molecular complexity index is 2460. The van der Waals surface area contributed by atoms with Crippen molar-refractivity contribution < 1.29 is 73.5 Å². The fourth-order valence-electron chi connectivity index (χ4n) is 11.8. The van der Waals surface area contributed by atoms with Crippen molar-refractivity contribution in [1.29, 1.82) is 0 Å². The van der Waals surface area contributed by atoms with Crippen molar-refractivity contribution in [3.05, 3.63) is 130 Å². The second-order valence-corrected chi connectivity index (χ2v) is 24.7. The van der Waals surface area contributed by atoms with Crippen molar-refractivity contribution in [2.45, 2.75) is 128 Å². The zero-order chi connectivity index (χ0) is 50.9. The van der Waals surface area contributed by atoms with Crippen molar-refractivity contribution in [1.82, 2.24) is 0 Å². The molecule has 16 heteroatoms. The third kappa shape index (κ3) is 13.0. The van der Waals surface area contributed by atoms with E-state index in [1.54, 1.807) is 24.3 Å². The van der Waals surface area contributed by atoms with Crippen LogP contribution in [0.15, 0.2) is 97.1 Å². The van der Waals surface area contributed by atoms with Gasteiger partial charge in [0.2, 0.25) is 0 Å². The van der Waals surface area contributed by atoms with Gasteiger partial charge in [-0.2, -0.15) is 64.8 Å². The van der Waals surface area contributed by atoms with Crippen LogP contribution in [0.5, 0.6) is 0 Å². The molecule has 0 nitrogen and oxygen atoms in total. The number of benzene rings is 4.